The molecule has 1 aliphatic heterocycles. The van der Waals surface area contributed by atoms with Gasteiger partial charge in [-0.3, -0.25) is 14.9 Å². The van der Waals surface area contributed by atoms with Gasteiger partial charge in [0.25, 0.3) is 11.6 Å². The SMILES string of the molecule is CC(C)[C@H](C)NC(=O)C[NH+]1CCN(S(=O)(=O)c2ccccc2[N+](=O)[O-])CC1. The van der Waals surface area contributed by atoms with Crippen LogP contribution in [0, 0.1) is 16.0 Å². The fourth-order valence-corrected chi connectivity index (χ4v) is 4.48. The highest BCUT2D eigenvalue weighted by Gasteiger charge is 2.35. The molecule has 1 fully saturated rings. The third kappa shape index (κ3) is 5.24. The lowest BCUT2D eigenvalue weighted by molar-refractivity contribution is -0.895. The number of nitro benzene ring substituents is 1. The van der Waals surface area contributed by atoms with Crippen LogP contribution in [0.5, 0.6) is 0 Å². The number of hydrogen-bond donors (Lipinski definition) is 2. The molecule has 0 spiro atoms. The summed E-state index contributed by atoms with van der Waals surface area (Å²) in [5.41, 5.74) is -0.422. The zero-order valence-electron chi connectivity index (χ0n) is 15.8. The number of rotatable bonds is 7. The second-order valence-corrected chi connectivity index (χ2v) is 9.06. The molecule has 0 saturated carbocycles. The molecular weight excluding hydrogens is 372 g/mol. The number of nitrogens with one attached hydrogen (secondary N) is 2. The number of carbonyl (C=O) groups is 1. The predicted molar refractivity (Wildman–Crippen MR) is 99.9 cm³/mol. The minimum absolute atomic E-state index is 0.0544. The fraction of sp³-hybridized carbons (Fsp3) is 0.588. The van der Waals surface area contributed by atoms with Crippen molar-refractivity contribution in [1.82, 2.24) is 9.62 Å². The number of nitro groups is 1. The van der Waals surface area contributed by atoms with Gasteiger partial charge in [0.1, 0.15) is 0 Å². The minimum Gasteiger partial charge on any atom is -0.348 e. The van der Waals surface area contributed by atoms with E-state index >= 15 is 0 Å². The third-order valence-corrected chi connectivity index (χ3v) is 6.85. The molecule has 10 heteroatoms. The molecule has 1 aromatic carbocycles. The van der Waals surface area contributed by atoms with Gasteiger partial charge in [-0.1, -0.05) is 26.0 Å². The number of para-hydroxylation sites is 1. The van der Waals surface area contributed by atoms with Crippen molar-refractivity contribution in [1.29, 1.82) is 0 Å². The van der Waals surface area contributed by atoms with Crippen molar-refractivity contribution in [3.05, 3.63) is 34.4 Å². The van der Waals surface area contributed by atoms with Crippen molar-refractivity contribution in [3.8, 4) is 0 Å². The Bertz CT molecular complexity index is 788. The quantitative estimate of drug-likeness (QED) is 0.480. The largest absolute Gasteiger partial charge is 0.348 e. The van der Waals surface area contributed by atoms with Crippen LogP contribution in [-0.4, -0.2) is 62.3 Å². The van der Waals surface area contributed by atoms with Crippen molar-refractivity contribution < 1.29 is 23.0 Å². The molecule has 2 N–H and O–H groups in total. The monoisotopic (exact) mass is 399 g/mol. The molecular formula is C17H27N4O5S+. The number of nitrogens with zero attached hydrogens (tertiary/aromatic N) is 2. The first-order chi connectivity index (χ1) is 12.6. The van der Waals surface area contributed by atoms with E-state index < -0.39 is 20.6 Å². The van der Waals surface area contributed by atoms with E-state index in [-0.39, 0.29) is 36.5 Å². The first-order valence-corrected chi connectivity index (χ1v) is 10.4. The molecule has 0 aromatic heterocycles. The fourth-order valence-electron chi connectivity index (χ4n) is 2.88. The van der Waals surface area contributed by atoms with E-state index in [4.69, 9.17) is 0 Å². The maximum Gasteiger partial charge on any atom is 0.289 e. The van der Waals surface area contributed by atoms with E-state index in [0.29, 0.717) is 19.0 Å². The van der Waals surface area contributed by atoms with Crippen LogP contribution in [0.2, 0.25) is 0 Å². The van der Waals surface area contributed by atoms with Crippen molar-refractivity contribution in [2.45, 2.75) is 31.7 Å². The minimum atomic E-state index is -3.94. The van der Waals surface area contributed by atoms with Crippen LogP contribution in [0.1, 0.15) is 20.8 Å². The Hall–Kier alpha value is -2.04. The highest BCUT2D eigenvalue weighted by Crippen LogP contribution is 2.26. The summed E-state index contributed by atoms with van der Waals surface area (Å²) in [4.78, 5) is 23.3. The first-order valence-electron chi connectivity index (χ1n) is 8.99. The molecule has 0 unspecified atom stereocenters. The Kier molecular flexibility index (Phi) is 6.90. The summed E-state index contributed by atoms with van der Waals surface area (Å²) >= 11 is 0. The van der Waals surface area contributed by atoms with Crippen LogP contribution < -0.4 is 10.2 Å². The van der Waals surface area contributed by atoms with Crippen LogP contribution in [0.25, 0.3) is 0 Å². The zero-order chi connectivity index (χ0) is 20.2. The molecule has 0 radical (unpaired) electrons. The summed E-state index contributed by atoms with van der Waals surface area (Å²) in [6.45, 7) is 7.69. The topological polar surface area (TPSA) is 114 Å². The van der Waals surface area contributed by atoms with Gasteiger partial charge in [-0.15, -0.1) is 0 Å². The Morgan fingerprint density at radius 3 is 2.41 bits per heavy atom. The normalized spacial score (nSPS) is 17.6. The average Bonchev–Trinajstić information content (AvgIpc) is 2.61. The number of carbonyl (C=O) groups excluding carboxylic acids is 1. The molecule has 0 aliphatic carbocycles. The molecule has 1 saturated heterocycles. The van der Waals surface area contributed by atoms with Crippen LogP contribution in [-0.2, 0) is 14.8 Å². The van der Waals surface area contributed by atoms with Crippen molar-refractivity contribution in [3.63, 3.8) is 0 Å². The number of benzene rings is 1. The summed E-state index contributed by atoms with van der Waals surface area (Å²) in [7, 11) is -3.94. The van der Waals surface area contributed by atoms with Gasteiger partial charge < -0.3 is 10.2 Å². The Morgan fingerprint density at radius 2 is 1.85 bits per heavy atom. The number of quaternary nitrogens is 1. The Morgan fingerprint density at radius 1 is 1.26 bits per heavy atom. The molecule has 150 valence electrons. The second-order valence-electron chi connectivity index (χ2n) is 7.16. The number of amides is 1. The smallest absolute Gasteiger partial charge is 0.289 e. The first kappa shape index (κ1) is 21.3. The van der Waals surface area contributed by atoms with Crippen molar-refractivity contribution >= 4 is 21.6 Å². The van der Waals surface area contributed by atoms with Crippen LogP contribution >= 0.6 is 0 Å². The Labute approximate surface area is 159 Å². The summed E-state index contributed by atoms with van der Waals surface area (Å²) in [6, 6.07) is 5.44. The summed E-state index contributed by atoms with van der Waals surface area (Å²) in [5, 5.41) is 14.1. The lowest BCUT2D eigenvalue weighted by Crippen LogP contribution is -3.15. The van der Waals surface area contributed by atoms with Gasteiger partial charge in [0.15, 0.2) is 11.4 Å². The van der Waals surface area contributed by atoms with E-state index in [2.05, 4.69) is 5.32 Å². The van der Waals surface area contributed by atoms with Crippen LogP contribution in [0.3, 0.4) is 0 Å². The lowest BCUT2D eigenvalue weighted by Gasteiger charge is -2.31. The predicted octanol–water partition coefficient (Wildman–Crippen LogP) is -0.355. The van der Waals surface area contributed by atoms with Gasteiger partial charge in [-0.2, -0.15) is 4.31 Å². The molecule has 1 amide bonds. The maximum atomic E-state index is 12.8. The van der Waals surface area contributed by atoms with Gasteiger partial charge in [-0.25, -0.2) is 8.42 Å². The number of sulfonamides is 1. The summed E-state index contributed by atoms with van der Waals surface area (Å²) in [5.74, 6) is 0.286. The van der Waals surface area contributed by atoms with Crippen molar-refractivity contribution in [2.75, 3.05) is 32.7 Å². The average molecular weight is 399 g/mol. The van der Waals surface area contributed by atoms with E-state index in [0.717, 1.165) is 4.90 Å². The molecule has 1 heterocycles. The van der Waals surface area contributed by atoms with Gasteiger partial charge in [0.05, 0.1) is 31.1 Å². The van der Waals surface area contributed by atoms with Crippen molar-refractivity contribution in [2.24, 2.45) is 5.92 Å². The number of piperazine rings is 1. The van der Waals surface area contributed by atoms with E-state index in [1.165, 1.54) is 28.6 Å². The summed E-state index contributed by atoms with van der Waals surface area (Å²) in [6.07, 6.45) is 0. The Balaban J connectivity index is 1.99. The number of hydrogen-bond acceptors (Lipinski definition) is 5. The van der Waals surface area contributed by atoms with Crippen LogP contribution in [0.15, 0.2) is 29.2 Å². The van der Waals surface area contributed by atoms with Crippen LogP contribution in [0.4, 0.5) is 5.69 Å². The maximum absolute atomic E-state index is 12.8. The molecule has 1 atom stereocenters. The molecule has 9 nitrogen and oxygen atoms in total. The highest BCUT2D eigenvalue weighted by molar-refractivity contribution is 7.89. The molecule has 0 bridgehead atoms. The standard InChI is InChI=1S/C17H26N4O5S/c1-13(2)14(3)18-17(22)12-19-8-10-20(11-9-19)27(25,26)16-7-5-4-6-15(16)21(23)24/h4-7,13-14H,8-12H2,1-3H3,(H,18,22)/p+1/t14-/m0/s1. The molecule has 27 heavy (non-hydrogen) atoms. The molecule has 1 aromatic rings. The van der Waals surface area contributed by atoms with E-state index in [1.807, 2.05) is 20.8 Å². The molecule has 1 aliphatic rings. The lowest BCUT2D eigenvalue weighted by atomic mass is 10.1. The molecule has 2 rings (SSSR count). The second kappa shape index (κ2) is 8.77. The third-order valence-electron chi connectivity index (χ3n) is 4.91. The van der Waals surface area contributed by atoms with Gasteiger partial charge >= 0.3 is 0 Å². The zero-order valence-corrected chi connectivity index (χ0v) is 16.7. The van der Waals surface area contributed by atoms with Gasteiger partial charge in [-0.05, 0) is 18.9 Å². The highest BCUT2D eigenvalue weighted by atomic mass is 32.2. The van der Waals surface area contributed by atoms with E-state index in [9.17, 15) is 23.3 Å². The summed E-state index contributed by atoms with van der Waals surface area (Å²) < 4.78 is 26.8. The van der Waals surface area contributed by atoms with Gasteiger partial charge in [0.2, 0.25) is 10.0 Å². The van der Waals surface area contributed by atoms with Gasteiger partial charge in [0, 0.05) is 12.1 Å². The van der Waals surface area contributed by atoms with E-state index in [1.54, 1.807) is 0 Å².